The highest BCUT2D eigenvalue weighted by Crippen LogP contribution is 2.40. The van der Waals surface area contributed by atoms with Crippen LogP contribution >= 0.6 is 24.0 Å². The average Bonchev–Trinajstić information content (AvgIpc) is 3.18. The molecule has 0 spiro atoms. The standard InChI is InChI=1S/C27H29ClF2N4O3.ClH/c1-27(2)15-33(21(35)14-32-10-7-16(8-11-32)26(36)37)13-20-22(27)18-4-3-9-31-25(18)34(20)12-17-5-6-19(29)23(28)24(17)30;/h3-6,9,16H,7-8,10-15H2,1-2H3,(H,36,37);1H. The van der Waals surface area contributed by atoms with Gasteiger partial charge in [0.25, 0.3) is 0 Å². The number of carboxylic acids is 1. The molecule has 0 aliphatic carbocycles. The minimum Gasteiger partial charge on any atom is -0.481 e. The lowest BCUT2D eigenvalue weighted by molar-refractivity contribution is -0.143. The monoisotopic (exact) mass is 566 g/mol. The quantitative estimate of drug-likeness (QED) is 0.446. The summed E-state index contributed by atoms with van der Waals surface area (Å²) in [5, 5.41) is 9.65. The summed E-state index contributed by atoms with van der Waals surface area (Å²) in [5.41, 5.74) is 2.44. The zero-order valence-corrected chi connectivity index (χ0v) is 22.8. The maximum atomic E-state index is 14.9. The van der Waals surface area contributed by atoms with E-state index < -0.39 is 28.0 Å². The van der Waals surface area contributed by atoms with Gasteiger partial charge in [-0.3, -0.25) is 14.5 Å². The van der Waals surface area contributed by atoms with Crippen LogP contribution in [0.1, 0.15) is 43.5 Å². The van der Waals surface area contributed by atoms with E-state index in [9.17, 15) is 23.5 Å². The van der Waals surface area contributed by atoms with Crippen molar-refractivity contribution in [3.8, 4) is 0 Å². The number of carbonyl (C=O) groups is 2. The number of aliphatic carboxylic acids is 1. The third-order valence-corrected chi connectivity index (χ3v) is 7.97. The fourth-order valence-electron chi connectivity index (χ4n) is 5.77. The summed E-state index contributed by atoms with van der Waals surface area (Å²) in [6.45, 7) is 6.45. The van der Waals surface area contributed by atoms with E-state index in [1.807, 2.05) is 26.5 Å². The van der Waals surface area contributed by atoms with Crippen molar-refractivity contribution in [2.24, 2.45) is 5.92 Å². The molecule has 7 nitrogen and oxygen atoms in total. The molecule has 1 aromatic carbocycles. The van der Waals surface area contributed by atoms with Crippen LogP contribution in [0.2, 0.25) is 5.02 Å². The molecule has 3 aromatic rings. The van der Waals surface area contributed by atoms with Crippen LogP contribution in [0.4, 0.5) is 8.78 Å². The predicted molar refractivity (Wildman–Crippen MR) is 143 cm³/mol. The van der Waals surface area contributed by atoms with E-state index >= 15 is 0 Å². The Morgan fingerprint density at radius 1 is 1.18 bits per heavy atom. The van der Waals surface area contributed by atoms with E-state index in [-0.39, 0.29) is 42.9 Å². The zero-order valence-electron chi connectivity index (χ0n) is 21.2. The van der Waals surface area contributed by atoms with E-state index in [1.165, 1.54) is 6.07 Å². The highest BCUT2D eigenvalue weighted by molar-refractivity contribution is 6.30. The fraction of sp³-hybridized carbons (Fsp3) is 0.444. The van der Waals surface area contributed by atoms with Crippen molar-refractivity contribution in [2.45, 2.75) is 45.2 Å². The third-order valence-electron chi connectivity index (χ3n) is 7.62. The molecule has 0 bridgehead atoms. The van der Waals surface area contributed by atoms with Crippen LogP contribution in [0.3, 0.4) is 0 Å². The smallest absolute Gasteiger partial charge is 0.306 e. The number of halogens is 4. The van der Waals surface area contributed by atoms with E-state index in [0.29, 0.717) is 44.7 Å². The molecule has 0 saturated carbocycles. The van der Waals surface area contributed by atoms with Crippen LogP contribution in [0.25, 0.3) is 11.0 Å². The molecule has 1 amide bonds. The van der Waals surface area contributed by atoms with Crippen LogP contribution in [-0.2, 0) is 28.1 Å². The van der Waals surface area contributed by atoms with Crippen molar-refractivity contribution in [3.63, 3.8) is 0 Å². The number of rotatable bonds is 5. The molecule has 4 heterocycles. The number of carboxylic acid groups (broad SMARTS) is 1. The van der Waals surface area contributed by atoms with Gasteiger partial charge in [-0.15, -0.1) is 12.4 Å². The van der Waals surface area contributed by atoms with Crippen molar-refractivity contribution >= 4 is 46.9 Å². The average molecular weight is 567 g/mol. The maximum Gasteiger partial charge on any atom is 0.306 e. The first-order chi connectivity index (χ1) is 17.6. The van der Waals surface area contributed by atoms with Crippen LogP contribution in [0.5, 0.6) is 0 Å². The Balaban J connectivity index is 0.00000336. The first kappa shape index (κ1) is 28.3. The van der Waals surface area contributed by atoms with Crippen molar-refractivity contribution in [2.75, 3.05) is 26.2 Å². The number of piperidine rings is 1. The number of nitrogens with zero attached hydrogens (tertiary/aromatic N) is 4. The number of amides is 1. The molecule has 38 heavy (non-hydrogen) atoms. The van der Waals surface area contributed by atoms with Gasteiger partial charge < -0.3 is 14.6 Å². The molecule has 2 aliphatic heterocycles. The number of pyridine rings is 1. The van der Waals surface area contributed by atoms with Gasteiger partial charge in [-0.1, -0.05) is 31.5 Å². The SMILES string of the molecule is CC1(C)CN(C(=O)CN2CCC(C(=O)O)CC2)Cc2c1c1cccnc1n2Cc1ccc(F)c(Cl)c1F.Cl. The summed E-state index contributed by atoms with van der Waals surface area (Å²) >= 11 is 5.85. The number of likely N-dealkylation sites (tertiary alicyclic amines) is 1. The van der Waals surface area contributed by atoms with Crippen molar-refractivity contribution < 1.29 is 23.5 Å². The summed E-state index contributed by atoms with van der Waals surface area (Å²) in [6.07, 6.45) is 2.74. The Morgan fingerprint density at radius 2 is 1.89 bits per heavy atom. The largest absolute Gasteiger partial charge is 0.481 e. The van der Waals surface area contributed by atoms with Gasteiger partial charge in [-0.25, -0.2) is 13.8 Å². The highest BCUT2D eigenvalue weighted by Gasteiger charge is 2.39. The van der Waals surface area contributed by atoms with Crippen molar-refractivity contribution in [1.82, 2.24) is 19.4 Å². The van der Waals surface area contributed by atoms with Gasteiger partial charge in [0, 0.05) is 34.8 Å². The summed E-state index contributed by atoms with van der Waals surface area (Å²) in [7, 11) is 0. The lowest BCUT2D eigenvalue weighted by Crippen LogP contribution is -2.49. The van der Waals surface area contributed by atoms with Crippen molar-refractivity contribution in [1.29, 1.82) is 0 Å². The molecular weight excluding hydrogens is 537 g/mol. The van der Waals surface area contributed by atoms with E-state index in [2.05, 4.69) is 18.8 Å². The minimum atomic E-state index is -0.814. The van der Waals surface area contributed by atoms with Crippen LogP contribution in [0.15, 0.2) is 30.5 Å². The summed E-state index contributed by atoms with van der Waals surface area (Å²) in [5.74, 6) is -2.79. The summed E-state index contributed by atoms with van der Waals surface area (Å²) < 4.78 is 30.6. The molecule has 5 rings (SSSR count). The molecular formula is C27H30Cl2F2N4O3. The lowest BCUT2D eigenvalue weighted by Gasteiger charge is -2.40. The number of benzene rings is 1. The molecule has 0 radical (unpaired) electrons. The summed E-state index contributed by atoms with van der Waals surface area (Å²) in [6, 6.07) is 6.38. The molecule has 2 aliphatic rings. The summed E-state index contributed by atoms with van der Waals surface area (Å²) in [4.78, 5) is 33.1. The van der Waals surface area contributed by atoms with Gasteiger partial charge >= 0.3 is 5.97 Å². The van der Waals surface area contributed by atoms with Crippen molar-refractivity contribution in [3.05, 3.63) is 63.9 Å². The molecule has 1 fully saturated rings. The second kappa shape index (κ2) is 10.8. The van der Waals surface area contributed by atoms with Gasteiger partial charge in [0.2, 0.25) is 5.91 Å². The fourth-order valence-corrected chi connectivity index (χ4v) is 5.96. The number of aromatic nitrogens is 2. The molecule has 2 aromatic heterocycles. The Bertz CT molecular complexity index is 1390. The first-order valence-corrected chi connectivity index (χ1v) is 12.8. The number of fused-ring (bicyclic) bond motifs is 3. The Morgan fingerprint density at radius 3 is 2.58 bits per heavy atom. The Labute approximate surface area is 230 Å². The molecule has 1 N–H and O–H groups in total. The third kappa shape index (κ3) is 5.11. The molecule has 204 valence electrons. The van der Waals surface area contributed by atoms with Crippen LogP contribution in [0, 0.1) is 17.6 Å². The van der Waals surface area contributed by atoms with Gasteiger partial charge in [-0.05, 0) is 49.7 Å². The van der Waals surface area contributed by atoms with Gasteiger partial charge in [0.1, 0.15) is 22.3 Å². The number of carbonyl (C=O) groups excluding carboxylic acids is 1. The van der Waals surface area contributed by atoms with Crippen LogP contribution < -0.4 is 0 Å². The molecule has 0 atom stereocenters. The first-order valence-electron chi connectivity index (χ1n) is 12.4. The highest BCUT2D eigenvalue weighted by atomic mass is 35.5. The van der Waals surface area contributed by atoms with E-state index in [4.69, 9.17) is 11.6 Å². The van der Waals surface area contributed by atoms with E-state index in [1.54, 1.807) is 6.20 Å². The number of hydrogen-bond acceptors (Lipinski definition) is 4. The number of hydrogen-bond donors (Lipinski definition) is 1. The Kier molecular flexibility index (Phi) is 8.02. The predicted octanol–water partition coefficient (Wildman–Crippen LogP) is 4.85. The zero-order chi connectivity index (χ0) is 26.5. The van der Waals surface area contributed by atoms with Gasteiger partial charge in [0.05, 0.1) is 25.6 Å². The molecule has 1 saturated heterocycles. The normalized spacial score (nSPS) is 17.8. The molecule has 0 unspecified atom stereocenters. The minimum absolute atomic E-state index is 0. The topological polar surface area (TPSA) is 78.7 Å². The van der Waals surface area contributed by atoms with Gasteiger partial charge in [0.15, 0.2) is 0 Å². The lowest BCUT2D eigenvalue weighted by atomic mass is 9.79. The van der Waals surface area contributed by atoms with Gasteiger partial charge in [-0.2, -0.15) is 0 Å². The second-order valence-corrected chi connectivity index (χ2v) is 11.0. The van der Waals surface area contributed by atoms with Crippen LogP contribution in [-0.4, -0.2) is 62.5 Å². The maximum absolute atomic E-state index is 14.9. The Hall–Kier alpha value is -2.75. The molecule has 11 heteroatoms. The second-order valence-electron chi connectivity index (χ2n) is 10.6. The van der Waals surface area contributed by atoms with E-state index in [0.717, 1.165) is 22.7 Å².